The Morgan fingerprint density at radius 3 is 0.700 bits per heavy atom. The standard InChI is InChI=1S/6C25H20/c1-19-17-24(21-13-7-3-8-14-21)25(22-15-9-4-10-16-22)18-23(19)20-11-5-2-6-12-20;1-19-17-23(20-11-5-2-6-12-20)18-24(21-13-7-3-8-14-21)25(19)22-15-9-4-10-16-22;1-19-23(20-11-5-2-6-12-20)17-18-24(21-13-7-3-8-14-21)25(19)22-15-9-4-10-16-22;1-19-10-8-9-15-23(19)22-16-17-24(20-11-4-2-5-12-20)25(18-22)21-13-6-3-7-14-21;1-19-9-8-14-22(17-19)23-15-16-24(20-10-4-2-5-11-20)25(18-23)21-12-6-3-7-13-21;1-19-12-14-20(15-13-19)23-16-17-24(21-8-4-2-5-9-21)25(18-23)22-10-6-3-7-11-22/h6*2-18H,1H3. The summed E-state index contributed by atoms with van der Waals surface area (Å²) in [5.41, 5.74) is 53.3. The van der Waals surface area contributed by atoms with Crippen molar-refractivity contribution in [3.05, 3.63) is 652 Å². The molecule has 0 bridgehead atoms. The van der Waals surface area contributed by atoms with Crippen molar-refractivity contribution in [1.29, 1.82) is 0 Å². The number of hydrogen-bond donors (Lipinski definition) is 0. The van der Waals surface area contributed by atoms with Gasteiger partial charge in [-0.05, 0) is 294 Å². The smallest absolute Gasteiger partial charge is 0.00699 e. The molecule has 0 spiro atoms. The van der Waals surface area contributed by atoms with Crippen LogP contribution in [0.3, 0.4) is 0 Å². The van der Waals surface area contributed by atoms with E-state index in [0.717, 1.165) is 0 Å². The fourth-order valence-electron chi connectivity index (χ4n) is 20.0. The second-order valence-corrected chi connectivity index (χ2v) is 37.9. The molecule has 0 radical (unpaired) electrons. The first-order valence-corrected chi connectivity index (χ1v) is 51.8. The van der Waals surface area contributed by atoms with Crippen molar-refractivity contribution in [1.82, 2.24) is 0 Å². The maximum Gasteiger partial charge on any atom is -0.00699 e. The predicted molar refractivity (Wildman–Crippen MR) is 645 cm³/mol. The normalized spacial score (nSPS) is 10.6. The van der Waals surface area contributed by atoms with E-state index >= 15 is 0 Å². The van der Waals surface area contributed by atoms with Gasteiger partial charge < -0.3 is 0 Å². The fraction of sp³-hybridized carbons (Fsp3) is 0.0400. The predicted octanol–water partition coefficient (Wildman–Crippen LogP) is 42.0. The Morgan fingerprint density at radius 1 is 0.0867 bits per heavy atom. The molecule has 0 heterocycles. The molecule has 0 saturated heterocycles. The molecule has 0 N–H and O–H groups in total. The van der Waals surface area contributed by atoms with Gasteiger partial charge in [-0.3, -0.25) is 0 Å². The van der Waals surface area contributed by atoms with Gasteiger partial charge in [-0.1, -0.05) is 600 Å². The summed E-state index contributed by atoms with van der Waals surface area (Å²) in [6.07, 6.45) is 0. The molecule has 720 valence electrons. The van der Waals surface area contributed by atoms with Gasteiger partial charge >= 0.3 is 0 Å². The SMILES string of the molecule is Cc1c(-c2ccccc2)ccc(-c2ccccc2)c1-c1ccccc1.Cc1cc(-c2ccccc2)c(-c2ccccc2)cc1-c1ccccc1.Cc1cc(-c2ccccc2)cc(-c2ccccc2)c1-c1ccccc1.Cc1ccc(-c2ccc(-c3ccccc3)c(-c3ccccc3)c2)cc1.Cc1cccc(-c2ccc(-c3ccccc3)c(-c3ccccc3)c2)c1.Cc1ccccc1-c1ccc(-c2ccccc2)c(-c2ccccc2)c1. The van der Waals surface area contributed by atoms with E-state index in [-0.39, 0.29) is 0 Å². The van der Waals surface area contributed by atoms with E-state index in [1.165, 1.54) is 234 Å². The van der Waals surface area contributed by atoms with E-state index < -0.39 is 0 Å². The van der Waals surface area contributed by atoms with Crippen molar-refractivity contribution in [2.45, 2.75) is 41.5 Å². The molecule has 0 saturated carbocycles. The molecule has 24 aromatic carbocycles. The van der Waals surface area contributed by atoms with Crippen LogP contribution >= 0.6 is 0 Å². The highest BCUT2D eigenvalue weighted by Crippen LogP contribution is 2.46. The summed E-state index contributed by atoms with van der Waals surface area (Å²) >= 11 is 0. The van der Waals surface area contributed by atoms with Gasteiger partial charge in [0.2, 0.25) is 0 Å². The Labute approximate surface area is 887 Å². The molecule has 0 heteroatoms. The van der Waals surface area contributed by atoms with E-state index in [1.54, 1.807) is 0 Å². The van der Waals surface area contributed by atoms with Gasteiger partial charge in [0.25, 0.3) is 0 Å². The van der Waals surface area contributed by atoms with Crippen molar-refractivity contribution in [2.75, 3.05) is 0 Å². The molecule has 0 aromatic heterocycles. The van der Waals surface area contributed by atoms with Crippen molar-refractivity contribution < 1.29 is 0 Å². The second-order valence-electron chi connectivity index (χ2n) is 37.9. The lowest BCUT2D eigenvalue weighted by molar-refractivity contribution is 1.44. The third-order valence-corrected chi connectivity index (χ3v) is 27.7. The van der Waals surface area contributed by atoms with Crippen LogP contribution in [0.2, 0.25) is 0 Å². The summed E-state index contributed by atoms with van der Waals surface area (Å²) < 4.78 is 0. The average molecular weight is 1920 g/mol. The van der Waals surface area contributed by atoms with Crippen molar-refractivity contribution in [3.63, 3.8) is 0 Å². The van der Waals surface area contributed by atoms with Crippen LogP contribution in [0.1, 0.15) is 33.4 Å². The largest absolute Gasteiger partial charge is 0.0622 e. The molecule has 0 nitrogen and oxygen atoms in total. The summed E-state index contributed by atoms with van der Waals surface area (Å²) in [7, 11) is 0. The second kappa shape index (κ2) is 49.7. The van der Waals surface area contributed by atoms with Gasteiger partial charge in [0.15, 0.2) is 0 Å². The van der Waals surface area contributed by atoms with Crippen LogP contribution < -0.4 is 0 Å². The van der Waals surface area contributed by atoms with Crippen molar-refractivity contribution >= 4 is 0 Å². The van der Waals surface area contributed by atoms with Crippen molar-refractivity contribution in [2.24, 2.45) is 0 Å². The number of aryl methyl sites for hydroxylation is 5. The first kappa shape index (κ1) is 100.0. The number of rotatable bonds is 18. The Bertz CT molecular complexity index is 8370. The minimum Gasteiger partial charge on any atom is -0.0622 e. The lowest BCUT2D eigenvalue weighted by Crippen LogP contribution is -1.93. The zero-order valence-corrected chi connectivity index (χ0v) is 85.9. The van der Waals surface area contributed by atoms with E-state index in [2.05, 4.69) is 660 Å². The van der Waals surface area contributed by atoms with Crippen LogP contribution in [0, 0.1) is 41.5 Å². The van der Waals surface area contributed by atoms with Gasteiger partial charge in [0.05, 0.1) is 0 Å². The average Bonchev–Trinajstić information content (AvgIpc) is 0.792. The molecule has 0 aliphatic rings. The van der Waals surface area contributed by atoms with Gasteiger partial charge in [-0.25, -0.2) is 0 Å². The molecule has 24 aromatic rings. The molecule has 150 heavy (non-hydrogen) atoms. The van der Waals surface area contributed by atoms with E-state index in [0.29, 0.717) is 0 Å². The third-order valence-electron chi connectivity index (χ3n) is 27.7. The Hall–Kier alpha value is -18.7. The quantitative estimate of drug-likeness (QED) is 0.0803. The number of benzene rings is 24. The van der Waals surface area contributed by atoms with Gasteiger partial charge in [0, 0.05) is 0 Å². The molecule has 0 aliphatic heterocycles. The first-order chi connectivity index (χ1) is 73.9. The molecule has 0 unspecified atom stereocenters. The molecule has 0 amide bonds. The fourth-order valence-corrected chi connectivity index (χ4v) is 20.0. The summed E-state index contributed by atoms with van der Waals surface area (Å²) in [5.74, 6) is 0. The summed E-state index contributed by atoms with van der Waals surface area (Å²) in [5, 5.41) is 0. The molecule has 0 fully saturated rings. The summed E-state index contributed by atoms with van der Waals surface area (Å²) in [4.78, 5) is 0. The van der Waals surface area contributed by atoms with Crippen LogP contribution in [0.5, 0.6) is 0 Å². The maximum atomic E-state index is 2.34. The van der Waals surface area contributed by atoms with E-state index in [9.17, 15) is 0 Å². The van der Waals surface area contributed by atoms with Crippen LogP contribution in [0.25, 0.3) is 200 Å². The van der Waals surface area contributed by atoms with Crippen LogP contribution in [-0.2, 0) is 0 Å². The summed E-state index contributed by atoms with van der Waals surface area (Å²) in [6, 6.07) is 220. The first-order valence-electron chi connectivity index (χ1n) is 51.8. The highest BCUT2D eigenvalue weighted by atomic mass is 14.2. The Morgan fingerprint density at radius 2 is 0.327 bits per heavy atom. The monoisotopic (exact) mass is 1920 g/mol. The van der Waals surface area contributed by atoms with Gasteiger partial charge in [-0.2, -0.15) is 0 Å². The minimum atomic E-state index is 1.25. The Balaban J connectivity index is 0.000000113. The maximum absolute atomic E-state index is 2.34. The lowest BCUT2D eigenvalue weighted by Gasteiger charge is -2.17. The molecule has 24 rings (SSSR count). The zero-order chi connectivity index (χ0) is 102. The zero-order valence-electron chi connectivity index (χ0n) is 85.9. The Kier molecular flexibility index (Phi) is 33.1. The lowest BCUT2D eigenvalue weighted by atomic mass is 9.86. The number of hydrogen-bond acceptors (Lipinski definition) is 0. The van der Waals surface area contributed by atoms with Gasteiger partial charge in [-0.15, -0.1) is 0 Å². The topological polar surface area (TPSA) is 0 Å². The molecule has 0 atom stereocenters. The van der Waals surface area contributed by atoms with Crippen molar-refractivity contribution in [3.8, 4) is 200 Å². The van der Waals surface area contributed by atoms with Gasteiger partial charge in [0.1, 0.15) is 0 Å². The molecule has 0 aliphatic carbocycles. The molecular weight excluding hydrogens is 1800 g/mol. The van der Waals surface area contributed by atoms with E-state index in [1.807, 2.05) is 0 Å². The minimum absolute atomic E-state index is 1.25. The van der Waals surface area contributed by atoms with E-state index in [4.69, 9.17) is 0 Å². The van der Waals surface area contributed by atoms with Crippen LogP contribution in [0.4, 0.5) is 0 Å². The van der Waals surface area contributed by atoms with Crippen LogP contribution in [-0.4, -0.2) is 0 Å². The van der Waals surface area contributed by atoms with Crippen LogP contribution in [0.15, 0.2) is 619 Å². The summed E-state index contributed by atoms with van der Waals surface area (Å²) in [6.45, 7) is 13.1. The highest BCUT2D eigenvalue weighted by molar-refractivity contribution is 5.96. The third kappa shape index (κ3) is 24.9. The molecular formula is C150H120. The highest BCUT2D eigenvalue weighted by Gasteiger charge is 2.21.